The highest BCUT2D eigenvalue weighted by molar-refractivity contribution is 7.09. The largest absolute Gasteiger partial charge is 0.373 e. The van der Waals surface area contributed by atoms with E-state index < -0.39 is 0 Å². The molecule has 3 aromatic rings. The molecule has 6 heteroatoms. The van der Waals surface area contributed by atoms with Crippen LogP contribution in [-0.4, -0.2) is 15.1 Å². The Balaban J connectivity index is 1.51. The summed E-state index contributed by atoms with van der Waals surface area (Å²) < 4.78 is 5.41. The first kappa shape index (κ1) is 12.5. The van der Waals surface area contributed by atoms with Crippen molar-refractivity contribution in [1.29, 1.82) is 0 Å². The molecule has 3 heterocycles. The van der Waals surface area contributed by atoms with Crippen molar-refractivity contribution in [1.82, 2.24) is 15.1 Å². The molecule has 0 amide bonds. The molecule has 0 fully saturated rings. The summed E-state index contributed by atoms with van der Waals surface area (Å²) in [5.41, 5.74) is 3.43. The van der Waals surface area contributed by atoms with Crippen LogP contribution in [0.15, 0.2) is 34.2 Å². The molecule has 1 aliphatic rings. The normalized spacial score (nSPS) is 16.7. The van der Waals surface area contributed by atoms with Crippen LogP contribution in [0.25, 0.3) is 0 Å². The molecule has 1 aromatic carbocycles. The fourth-order valence-electron chi connectivity index (χ4n) is 2.58. The molecule has 0 saturated carbocycles. The van der Waals surface area contributed by atoms with E-state index in [1.807, 2.05) is 24.4 Å². The van der Waals surface area contributed by atoms with E-state index in [-0.39, 0.29) is 6.04 Å². The molecule has 0 spiro atoms. The summed E-state index contributed by atoms with van der Waals surface area (Å²) in [6, 6.07) is 8.34. The lowest BCUT2D eigenvalue weighted by atomic mass is 10.1. The van der Waals surface area contributed by atoms with E-state index >= 15 is 0 Å². The van der Waals surface area contributed by atoms with Gasteiger partial charge in [-0.1, -0.05) is 23.4 Å². The monoisotopic (exact) mass is 298 g/mol. The van der Waals surface area contributed by atoms with E-state index in [1.165, 1.54) is 5.56 Å². The number of hydrogen-bond acceptors (Lipinski definition) is 6. The van der Waals surface area contributed by atoms with Gasteiger partial charge < -0.3 is 9.84 Å². The minimum Gasteiger partial charge on any atom is -0.373 e. The molecule has 4 rings (SSSR count). The first-order valence-electron chi connectivity index (χ1n) is 6.86. The number of para-hydroxylation sites is 1. The Morgan fingerprint density at radius 1 is 1.33 bits per heavy atom. The molecule has 2 aromatic heterocycles. The summed E-state index contributed by atoms with van der Waals surface area (Å²) in [7, 11) is 0. The lowest BCUT2D eigenvalue weighted by molar-refractivity contribution is 0.360. The van der Waals surface area contributed by atoms with Gasteiger partial charge in [0, 0.05) is 17.5 Å². The van der Waals surface area contributed by atoms with E-state index in [4.69, 9.17) is 4.52 Å². The minimum absolute atomic E-state index is 0.0702. The van der Waals surface area contributed by atoms with Crippen molar-refractivity contribution in [3.63, 3.8) is 0 Å². The first-order chi connectivity index (χ1) is 10.3. The van der Waals surface area contributed by atoms with Crippen molar-refractivity contribution in [3.8, 4) is 0 Å². The molecule has 21 heavy (non-hydrogen) atoms. The smallest absolute Gasteiger partial charge is 0.249 e. The highest BCUT2D eigenvalue weighted by Gasteiger charge is 2.26. The van der Waals surface area contributed by atoms with Crippen LogP contribution < -0.4 is 5.32 Å². The van der Waals surface area contributed by atoms with Crippen molar-refractivity contribution >= 4 is 17.0 Å². The molecule has 5 nitrogen and oxygen atoms in total. The van der Waals surface area contributed by atoms with Crippen LogP contribution in [0.3, 0.4) is 0 Å². The number of nitrogens with zero attached hydrogens (tertiary/aromatic N) is 3. The summed E-state index contributed by atoms with van der Waals surface area (Å²) in [6.07, 6.45) is 1.50. The van der Waals surface area contributed by atoms with Crippen molar-refractivity contribution in [3.05, 3.63) is 57.6 Å². The van der Waals surface area contributed by atoms with Crippen LogP contribution in [-0.2, 0) is 12.8 Å². The maximum absolute atomic E-state index is 5.41. The van der Waals surface area contributed by atoms with Gasteiger partial charge in [0.2, 0.25) is 5.89 Å². The zero-order valence-corrected chi connectivity index (χ0v) is 12.4. The number of benzene rings is 1. The van der Waals surface area contributed by atoms with Gasteiger partial charge in [-0.3, -0.25) is 0 Å². The number of rotatable bonds is 3. The Morgan fingerprint density at radius 2 is 2.24 bits per heavy atom. The number of aryl methyl sites for hydroxylation is 1. The van der Waals surface area contributed by atoms with Gasteiger partial charge in [-0.25, -0.2) is 4.98 Å². The zero-order chi connectivity index (χ0) is 14.2. The van der Waals surface area contributed by atoms with Crippen LogP contribution in [0, 0.1) is 6.92 Å². The standard InChI is InChI=1S/C15H14N4OS/c1-9-16-11(8-21-9)7-14-18-15(20-19-14)13-6-10-4-2-3-5-12(10)17-13/h2-5,8,13,17H,6-7H2,1H3/t13-/m0/s1. The Labute approximate surface area is 126 Å². The third-order valence-corrected chi connectivity index (χ3v) is 4.38. The molecular weight excluding hydrogens is 284 g/mol. The third-order valence-electron chi connectivity index (χ3n) is 3.56. The molecule has 1 aliphatic heterocycles. The summed E-state index contributed by atoms with van der Waals surface area (Å²) in [4.78, 5) is 8.93. The summed E-state index contributed by atoms with van der Waals surface area (Å²) in [6.45, 7) is 2.00. The molecule has 0 bridgehead atoms. The maximum Gasteiger partial charge on any atom is 0.249 e. The second-order valence-corrected chi connectivity index (χ2v) is 6.20. The van der Waals surface area contributed by atoms with Crippen LogP contribution >= 0.6 is 11.3 Å². The molecule has 0 saturated heterocycles. The fraction of sp³-hybridized carbons (Fsp3) is 0.267. The first-order valence-corrected chi connectivity index (χ1v) is 7.74. The number of fused-ring (bicyclic) bond motifs is 1. The molecule has 0 unspecified atom stereocenters. The van der Waals surface area contributed by atoms with Crippen LogP contribution in [0.4, 0.5) is 5.69 Å². The van der Waals surface area contributed by atoms with Crippen molar-refractivity contribution in [2.45, 2.75) is 25.8 Å². The van der Waals surface area contributed by atoms with Gasteiger partial charge in [0.25, 0.3) is 0 Å². The second kappa shape index (κ2) is 4.96. The fourth-order valence-corrected chi connectivity index (χ4v) is 3.19. The van der Waals surface area contributed by atoms with Crippen molar-refractivity contribution < 1.29 is 4.52 Å². The molecule has 1 N–H and O–H groups in total. The quantitative estimate of drug-likeness (QED) is 0.805. The lowest BCUT2D eigenvalue weighted by Crippen LogP contribution is -2.06. The van der Waals surface area contributed by atoms with Gasteiger partial charge in [-0.15, -0.1) is 11.3 Å². The summed E-state index contributed by atoms with van der Waals surface area (Å²) >= 11 is 1.64. The summed E-state index contributed by atoms with van der Waals surface area (Å²) in [5.74, 6) is 1.33. The van der Waals surface area contributed by atoms with Crippen LogP contribution in [0.1, 0.15) is 34.0 Å². The molecular formula is C15H14N4OS. The van der Waals surface area contributed by atoms with Gasteiger partial charge in [0.1, 0.15) is 6.04 Å². The number of aromatic nitrogens is 3. The number of nitrogens with one attached hydrogen (secondary N) is 1. The molecule has 106 valence electrons. The predicted octanol–water partition coefficient (Wildman–Crippen LogP) is 3.13. The van der Waals surface area contributed by atoms with E-state index in [9.17, 15) is 0 Å². The van der Waals surface area contributed by atoms with E-state index in [1.54, 1.807) is 11.3 Å². The average Bonchev–Trinajstić information content (AvgIpc) is 3.18. The van der Waals surface area contributed by atoms with Gasteiger partial charge in [0.15, 0.2) is 5.82 Å². The Kier molecular flexibility index (Phi) is 2.96. The van der Waals surface area contributed by atoms with Gasteiger partial charge in [-0.2, -0.15) is 4.98 Å². The third kappa shape index (κ3) is 2.42. The van der Waals surface area contributed by atoms with E-state index in [0.29, 0.717) is 18.1 Å². The van der Waals surface area contributed by atoms with Gasteiger partial charge in [0.05, 0.1) is 17.1 Å². The Morgan fingerprint density at radius 3 is 3.05 bits per heavy atom. The highest BCUT2D eigenvalue weighted by Crippen LogP contribution is 2.33. The Hall–Kier alpha value is -2.21. The number of anilines is 1. The van der Waals surface area contributed by atoms with Crippen LogP contribution in [0.2, 0.25) is 0 Å². The second-order valence-electron chi connectivity index (χ2n) is 5.14. The zero-order valence-electron chi connectivity index (χ0n) is 11.5. The van der Waals surface area contributed by atoms with Gasteiger partial charge >= 0.3 is 0 Å². The SMILES string of the molecule is Cc1nc(Cc2noc([C@@H]3Cc4ccccc4N3)n2)cs1. The van der Waals surface area contributed by atoms with E-state index in [0.717, 1.165) is 22.8 Å². The molecule has 0 aliphatic carbocycles. The Bertz CT molecular complexity index is 754. The van der Waals surface area contributed by atoms with Crippen LogP contribution in [0.5, 0.6) is 0 Å². The average molecular weight is 298 g/mol. The summed E-state index contributed by atoms with van der Waals surface area (Å²) in [5, 5.41) is 10.6. The van der Waals surface area contributed by atoms with Gasteiger partial charge in [-0.05, 0) is 18.6 Å². The molecule has 1 atom stereocenters. The minimum atomic E-state index is 0.0702. The van der Waals surface area contributed by atoms with Crippen molar-refractivity contribution in [2.75, 3.05) is 5.32 Å². The topological polar surface area (TPSA) is 63.8 Å². The number of thiazole rings is 1. The highest BCUT2D eigenvalue weighted by atomic mass is 32.1. The maximum atomic E-state index is 5.41. The predicted molar refractivity (Wildman–Crippen MR) is 80.5 cm³/mol. The van der Waals surface area contributed by atoms with E-state index in [2.05, 4.69) is 32.6 Å². The lowest BCUT2D eigenvalue weighted by Gasteiger charge is -2.04. The number of hydrogen-bond donors (Lipinski definition) is 1. The molecule has 0 radical (unpaired) electrons. The van der Waals surface area contributed by atoms with Crippen molar-refractivity contribution in [2.24, 2.45) is 0 Å².